The Kier molecular flexibility index (Phi) is 9.52. The first-order valence-electron chi connectivity index (χ1n) is 11.9. The van der Waals surface area contributed by atoms with Crippen LogP contribution in [0.2, 0.25) is 0 Å². The molecule has 3 rings (SSSR count). The topological polar surface area (TPSA) is 81.7 Å². The molecule has 2 amide bonds. The number of carbonyl (C=O) groups excluding carboxylic acids is 1. The molecule has 1 fully saturated rings. The molecular formula is C26H33F2N3O3S2. The minimum Gasteiger partial charge on any atom is -0.480 e. The van der Waals surface area contributed by atoms with Crippen LogP contribution in [0.25, 0.3) is 0 Å². The van der Waals surface area contributed by atoms with Gasteiger partial charge in [0.1, 0.15) is 16.4 Å². The molecule has 0 radical (unpaired) electrons. The van der Waals surface area contributed by atoms with Crippen LogP contribution < -0.4 is 15.5 Å². The number of carboxylic acid groups (broad SMARTS) is 1. The predicted octanol–water partition coefficient (Wildman–Crippen LogP) is 6.92. The number of benzene rings is 2. The van der Waals surface area contributed by atoms with Crippen molar-refractivity contribution < 1.29 is 23.5 Å². The molecule has 1 aliphatic heterocycles. The van der Waals surface area contributed by atoms with Gasteiger partial charge in [0.15, 0.2) is 0 Å². The Balaban J connectivity index is 1.96. The van der Waals surface area contributed by atoms with Crippen LogP contribution >= 0.6 is 23.5 Å². The summed E-state index contributed by atoms with van der Waals surface area (Å²) in [5.41, 5.74) is 1.18. The Bertz CT molecular complexity index is 1090. The summed E-state index contributed by atoms with van der Waals surface area (Å²) in [5, 5.41) is 14.8. The third-order valence-corrected chi connectivity index (χ3v) is 8.01. The monoisotopic (exact) mass is 537 g/mol. The second-order valence-corrected chi connectivity index (χ2v) is 12.6. The number of rotatable bonds is 9. The molecule has 1 saturated heterocycles. The average Bonchev–Trinajstić information content (AvgIpc) is 2.80. The van der Waals surface area contributed by atoms with E-state index in [0.29, 0.717) is 28.6 Å². The van der Waals surface area contributed by atoms with Crippen molar-refractivity contribution in [3.05, 3.63) is 48.0 Å². The molecular weight excluding hydrogens is 504 g/mol. The fraction of sp³-hybridized carbons (Fsp3) is 0.462. The second-order valence-electron chi connectivity index (χ2n) is 9.69. The molecule has 0 aromatic heterocycles. The zero-order valence-electron chi connectivity index (χ0n) is 20.9. The molecule has 0 bridgehead atoms. The summed E-state index contributed by atoms with van der Waals surface area (Å²) < 4.78 is 26.3. The molecule has 0 saturated carbocycles. The second kappa shape index (κ2) is 12.2. The summed E-state index contributed by atoms with van der Waals surface area (Å²) >= 11 is 3.11. The highest BCUT2D eigenvalue weighted by Gasteiger charge is 2.30. The Labute approximate surface area is 219 Å². The third kappa shape index (κ3) is 7.52. The van der Waals surface area contributed by atoms with Crippen LogP contribution in [0.5, 0.6) is 0 Å². The molecule has 196 valence electrons. The molecule has 36 heavy (non-hydrogen) atoms. The van der Waals surface area contributed by atoms with Crippen molar-refractivity contribution in [1.29, 1.82) is 0 Å². The van der Waals surface area contributed by atoms with Crippen molar-refractivity contribution in [2.24, 2.45) is 5.92 Å². The van der Waals surface area contributed by atoms with Gasteiger partial charge in [-0.15, -0.1) is 11.8 Å². The first-order valence-corrected chi connectivity index (χ1v) is 13.9. The quantitative estimate of drug-likeness (QED) is 0.301. The summed E-state index contributed by atoms with van der Waals surface area (Å²) in [6.07, 6.45) is 2.04. The Morgan fingerprint density at radius 1 is 1.11 bits per heavy atom. The van der Waals surface area contributed by atoms with Gasteiger partial charge in [0.05, 0.1) is 17.1 Å². The number of halogens is 2. The number of nitrogens with zero attached hydrogens (tertiary/aromatic N) is 1. The minimum absolute atomic E-state index is 0.142. The van der Waals surface area contributed by atoms with Crippen LogP contribution in [0.4, 0.5) is 30.6 Å². The van der Waals surface area contributed by atoms with Crippen molar-refractivity contribution in [3.8, 4) is 0 Å². The van der Waals surface area contributed by atoms with Gasteiger partial charge in [0.25, 0.3) is 0 Å². The molecule has 0 unspecified atom stereocenters. The van der Waals surface area contributed by atoms with Crippen LogP contribution in [0, 0.1) is 17.6 Å². The molecule has 10 heteroatoms. The van der Waals surface area contributed by atoms with Crippen molar-refractivity contribution in [3.63, 3.8) is 0 Å². The number of carbonyl (C=O) groups is 2. The van der Waals surface area contributed by atoms with E-state index in [9.17, 15) is 23.5 Å². The number of urea groups is 1. The van der Waals surface area contributed by atoms with Crippen molar-refractivity contribution in [1.82, 2.24) is 0 Å². The Hall–Kier alpha value is -2.46. The summed E-state index contributed by atoms with van der Waals surface area (Å²) in [7, 11) is 0. The molecule has 3 N–H and O–H groups in total. The largest absolute Gasteiger partial charge is 0.480 e. The Morgan fingerprint density at radius 2 is 1.78 bits per heavy atom. The molecule has 0 atom stereocenters. The summed E-state index contributed by atoms with van der Waals surface area (Å²) in [6, 6.07) is 8.12. The van der Waals surface area contributed by atoms with Gasteiger partial charge in [-0.05, 0) is 74.4 Å². The molecule has 6 nitrogen and oxygen atoms in total. The van der Waals surface area contributed by atoms with Gasteiger partial charge in [0, 0.05) is 23.5 Å². The lowest BCUT2D eigenvalue weighted by atomic mass is 10.0. The standard InChI is InChI=1S/C26H33F2N3O3S2/c1-16(2)15-31(18-9-11-35-12-10-18)23-8-6-19(36-26(3,4)24(32)33)14-22(23)30-25(34)29-21-7-5-17(27)13-20(21)28/h5-8,13-14,16,18H,9-12,15H2,1-4H3,(H,32,33)(H2,29,30,34). The molecule has 2 aromatic carbocycles. The fourth-order valence-electron chi connectivity index (χ4n) is 3.97. The van der Waals surface area contributed by atoms with E-state index in [-0.39, 0.29) is 5.69 Å². The normalized spacial score (nSPS) is 14.5. The van der Waals surface area contributed by atoms with Crippen molar-refractivity contribution in [2.45, 2.75) is 56.2 Å². The van der Waals surface area contributed by atoms with Crippen LogP contribution in [0.3, 0.4) is 0 Å². The minimum atomic E-state index is -1.07. The lowest BCUT2D eigenvalue weighted by Gasteiger charge is -2.38. The highest BCUT2D eigenvalue weighted by Crippen LogP contribution is 2.39. The van der Waals surface area contributed by atoms with Gasteiger partial charge in [0.2, 0.25) is 0 Å². The predicted molar refractivity (Wildman–Crippen MR) is 146 cm³/mol. The number of nitrogens with one attached hydrogen (secondary N) is 2. The molecule has 2 aromatic rings. The van der Waals surface area contributed by atoms with Crippen LogP contribution in [0.1, 0.15) is 40.5 Å². The summed E-state index contributed by atoms with van der Waals surface area (Å²) in [5.74, 6) is -0.0629. The number of hydrogen-bond acceptors (Lipinski definition) is 5. The zero-order chi connectivity index (χ0) is 26.5. The summed E-state index contributed by atoms with van der Waals surface area (Å²) in [4.78, 5) is 27.6. The number of thioether (sulfide) groups is 2. The zero-order valence-corrected chi connectivity index (χ0v) is 22.6. The first-order chi connectivity index (χ1) is 17.0. The first kappa shape index (κ1) is 28.1. The van der Waals surface area contributed by atoms with E-state index >= 15 is 0 Å². The number of carboxylic acids is 1. The average molecular weight is 538 g/mol. The van der Waals surface area contributed by atoms with Gasteiger partial charge in [-0.25, -0.2) is 13.6 Å². The van der Waals surface area contributed by atoms with Crippen molar-refractivity contribution in [2.75, 3.05) is 33.6 Å². The van der Waals surface area contributed by atoms with E-state index in [4.69, 9.17) is 0 Å². The molecule has 1 aliphatic rings. The van der Waals surface area contributed by atoms with Crippen LogP contribution in [0.15, 0.2) is 41.3 Å². The maximum absolute atomic E-state index is 14.1. The molecule has 0 aliphatic carbocycles. The lowest BCUT2D eigenvalue weighted by molar-refractivity contribution is -0.138. The highest BCUT2D eigenvalue weighted by atomic mass is 32.2. The van der Waals surface area contributed by atoms with E-state index in [2.05, 4.69) is 29.4 Å². The van der Waals surface area contributed by atoms with Gasteiger partial charge in [-0.3, -0.25) is 4.79 Å². The van der Waals surface area contributed by atoms with E-state index in [1.165, 1.54) is 11.8 Å². The van der Waals surface area contributed by atoms with Crippen molar-refractivity contribution >= 4 is 52.6 Å². The van der Waals surface area contributed by atoms with Gasteiger partial charge < -0.3 is 20.6 Å². The number of hydrogen-bond donors (Lipinski definition) is 3. The van der Waals surface area contributed by atoms with E-state index in [1.54, 1.807) is 19.9 Å². The highest BCUT2D eigenvalue weighted by molar-refractivity contribution is 8.01. The summed E-state index contributed by atoms with van der Waals surface area (Å²) in [6.45, 7) is 8.31. The maximum Gasteiger partial charge on any atom is 0.323 e. The lowest BCUT2D eigenvalue weighted by Crippen LogP contribution is -2.41. The van der Waals surface area contributed by atoms with Crippen LogP contribution in [-0.2, 0) is 4.79 Å². The van der Waals surface area contributed by atoms with Gasteiger partial charge in [-0.2, -0.15) is 11.8 Å². The van der Waals surface area contributed by atoms with E-state index in [1.807, 2.05) is 23.9 Å². The van der Waals surface area contributed by atoms with Crippen LogP contribution in [-0.4, -0.2) is 45.9 Å². The number of anilines is 3. The molecule has 1 heterocycles. The third-order valence-electron chi connectivity index (χ3n) is 5.79. The SMILES string of the molecule is CC(C)CN(c1ccc(SC(C)(C)C(=O)O)cc1NC(=O)Nc1ccc(F)cc1F)C1CCSCC1. The fourth-order valence-corrected chi connectivity index (χ4v) is 6.04. The van der Waals surface area contributed by atoms with E-state index in [0.717, 1.165) is 48.7 Å². The Morgan fingerprint density at radius 3 is 2.39 bits per heavy atom. The molecule has 0 spiro atoms. The maximum atomic E-state index is 14.1. The van der Waals surface area contributed by atoms with E-state index < -0.39 is 28.4 Å². The number of aliphatic carboxylic acids is 1. The van der Waals surface area contributed by atoms with Gasteiger partial charge >= 0.3 is 12.0 Å². The smallest absolute Gasteiger partial charge is 0.323 e. The van der Waals surface area contributed by atoms with Gasteiger partial charge in [-0.1, -0.05) is 13.8 Å². The number of amides is 2.